The van der Waals surface area contributed by atoms with Crippen molar-refractivity contribution in [1.82, 2.24) is 14.9 Å². The maximum absolute atomic E-state index is 6.03. The third-order valence-corrected chi connectivity index (χ3v) is 3.81. The molecule has 0 saturated carbocycles. The maximum Gasteiger partial charge on any atom is 0.121 e. The largest absolute Gasteiger partial charge is 0.412 e. The van der Waals surface area contributed by atoms with Gasteiger partial charge >= 0.3 is 0 Å². The van der Waals surface area contributed by atoms with E-state index >= 15 is 0 Å². The molecule has 0 bridgehead atoms. The third-order valence-electron chi connectivity index (χ3n) is 3.81. The quantitative estimate of drug-likeness (QED) is 0.787. The number of piperidine rings is 1. The molecule has 1 saturated heterocycles. The van der Waals surface area contributed by atoms with Gasteiger partial charge in [-0.25, -0.2) is 4.98 Å². The third kappa shape index (κ3) is 3.78. The summed E-state index contributed by atoms with van der Waals surface area (Å²) in [6.07, 6.45) is 1.09. The summed E-state index contributed by atoms with van der Waals surface area (Å²) in [5.41, 5.74) is 8.15. The minimum absolute atomic E-state index is 0. The fraction of sp³-hybridized carbons (Fsp3) is 0.500. The number of hydrogen-bond acceptors (Lipinski definition) is 4. The van der Waals surface area contributed by atoms with Crippen molar-refractivity contribution in [3.63, 3.8) is 0 Å². The number of aromatic nitrogens is 2. The zero-order chi connectivity index (χ0) is 13.2. The van der Waals surface area contributed by atoms with Crippen LogP contribution in [0.5, 0.6) is 0 Å². The molecule has 118 valence electrons. The van der Waals surface area contributed by atoms with Crippen molar-refractivity contribution in [3.05, 3.63) is 30.1 Å². The van der Waals surface area contributed by atoms with Gasteiger partial charge in [0.25, 0.3) is 0 Å². The summed E-state index contributed by atoms with van der Waals surface area (Å²) < 4.78 is 5.43. The lowest BCUT2D eigenvalue weighted by Gasteiger charge is -2.35. The molecule has 7 heteroatoms. The van der Waals surface area contributed by atoms with Gasteiger partial charge in [-0.1, -0.05) is 12.1 Å². The first-order valence-corrected chi connectivity index (χ1v) is 6.70. The lowest BCUT2D eigenvalue weighted by atomic mass is 10.0. The predicted octanol–water partition coefficient (Wildman–Crippen LogP) is -0.538. The van der Waals surface area contributed by atoms with Crippen LogP contribution in [-0.4, -0.2) is 58.2 Å². The number of fused-ring (bicyclic) bond motifs is 1. The van der Waals surface area contributed by atoms with E-state index in [4.69, 9.17) is 10.5 Å². The molecule has 2 heterocycles. The number of nitrogens with zero attached hydrogens (tertiary/aromatic N) is 2. The van der Waals surface area contributed by atoms with Crippen LogP contribution in [0.4, 0.5) is 0 Å². The number of aromatic amines is 1. The monoisotopic (exact) mass is 296 g/mol. The summed E-state index contributed by atoms with van der Waals surface area (Å²) in [5.74, 6) is 1.01. The van der Waals surface area contributed by atoms with Crippen LogP contribution in [0.3, 0.4) is 0 Å². The molecule has 7 nitrogen and oxygen atoms in total. The summed E-state index contributed by atoms with van der Waals surface area (Å²) in [4.78, 5) is 10.3. The molecule has 0 spiro atoms. The Hall–Kier alpha value is -1.51. The molecule has 2 atom stereocenters. The average molecular weight is 296 g/mol. The first kappa shape index (κ1) is 17.5. The second-order valence-electron chi connectivity index (χ2n) is 5.16. The Labute approximate surface area is 123 Å². The Morgan fingerprint density at radius 2 is 2.14 bits per heavy atom. The number of para-hydroxylation sites is 2. The predicted molar refractivity (Wildman–Crippen MR) is 82.0 cm³/mol. The van der Waals surface area contributed by atoms with Crippen LogP contribution < -0.4 is 5.73 Å². The van der Waals surface area contributed by atoms with E-state index in [1.54, 1.807) is 7.11 Å². The Kier molecular flexibility index (Phi) is 6.25. The lowest BCUT2D eigenvalue weighted by molar-refractivity contribution is 0.0133. The average Bonchev–Trinajstić information content (AvgIpc) is 2.83. The second kappa shape index (κ2) is 7.48. The van der Waals surface area contributed by atoms with E-state index in [2.05, 4.69) is 20.9 Å². The highest BCUT2D eigenvalue weighted by Crippen LogP contribution is 2.16. The smallest absolute Gasteiger partial charge is 0.121 e. The van der Waals surface area contributed by atoms with Crippen LogP contribution in [0.25, 0.3) is 11.0 Å². The van der Waals surface area contributed by atoms with Crippen LogP contribution in [0.2, 0.25) is 0 Å². The molecular formula is C14H24N4O3. The van der Waals surface area contributed by atoms with Gasteiger partial charge in [0.05, 0.1) is 23.7 Å². The lowest BCUT2D eigenvalue weighted by Crippen LogP contribution is -2.51. The van der Waals surface area contributed by atoms with Crippen LogP contribution in [0, 0.1) is 0 Å². The highest BCUT2D eigenvalue weighted by Gasteiger charge is 2.26. The zero-order valence-electron chi connectivity index (χ0n) is 12.2. The molecule has 0 aliphatic carbocycles. The van der Waals surface area contributed by atoms with Gasteiger partial charge in [-0.3, -0.25) is 4.90 Å². The van der Waals surface area contributed by atoms with E-state index in [0.717, 1.165) is 42.9 Å². The zero-order valence-corrected chi connectivity index (χ0v) is 12.2. The highest BCUT2D eigenvalue weighted by molar-refractivity contribution is 5.74. The summed E-state index contributed by atoms with van der Waals surface area (Å²) in [5, 5.41) is 0. The van der Waals surface area contributed by atoms with E-state index in [1.807, 2.05) is 18.2 Å². The molecule has 1 aromatic heterocycles. The van der Waals surface area contributed by atoms with Crippen molar-refractivity contribution < 1.29 is 15.7 Å². The number of ether oxygens (including phenoxy) is 1. The number of nitrogens with one attached hydrogen (secondary N) is 1. The number of hydrogen-bond donors (Lipinski definition) is 2. The molecule has 7 N–H and O–H groups in total. The van der Waals surface area contributed by atoms with E-state index < -0.39 is 0 Å². The Morgan fingerprint density at radius 1 is 1.38 bits per heavy atom. The number of imidazole rings is 1. The van der Waals surface area contributed by atoms with Gasteiger partial charge in [-0.2, -0.15) is 0 Å². The standard InChI is InChI=1S/C14H20N4O.2H2O/c1-19-13-8-18(7-6-10(13)15)9-14-16-11-4-2-3-5-12(11)17-14;;/h2-5,10,13H,6-9,15H2,1H3,(H,16,17);2*1H2/t10-,13+;;/m1../s1. The number of rotatable bonds is 3. The molecular weight excluding hydrogens is 272 g/mol. The topological polar surface area (TPSA) is 130 Å². The Bertz CT molecular complexity index is 527. The normalized spacial score (nSPS) is 22.6. The summed E-state index contributed by atoms with van der Waals surface area (Å²) >= 11 is 0. The van der Waals surface area contributed by atoms with E-state index in [0.29, 0.717) is 0 Å². The van der Waals surface area contributed by atoms with E-state index in [1.165, 1.54) is 0 Å². The minimum Gasteiger partial charge on any atom is -0.412 e. The fourth-order valence-electron chi connectivity index (χ4n) is 2.68. The van der Waals surface area contributed by atoms with Crippen molar-refractivity contribution in [2.45, 2.75) is 25.1 Å². The van der Waals surface area contributed by atoms with Crippen LogP contribution in [0.1, 0.15) is 12.2 Å². The Balaban J connectivity index is 0.00000110. The number of likely N-dealkylation sites (tertiary alicyclic amines) is 1. The number of benzene rings is 1. The summed E-state index contributed by atoms with van der Waals surface area (Å²) in [6, 6.07) is 8.26. The minimum atomic E-state index is 0. The summed E-state index contributed by atoms with van der Waals surface area (Å²) in [6.45, 7) is 2.69. The van der Waals surface area contributed by atoms with Crippen molar-refractivity contribution in [2.24, 2.45) is 5.73 Å². The first-order valence-electron chi connectivity index (χ1n) is 6.70. The molecule has 1 aliphatic heterocycles. The fourth-order valence-corrected chi connectivity index (χ4v) is 2.68. The van der Waals surface area contributed by atoms with Gasteiger partial charge < -0.3 is 26.4 Å². The number of H-pyrrole nitrogens is 1. The summed E-state index contributed by atoms with van der Waals surface area (Å²) in [7, 11) is 1.73. The molecule has 1 aromatic carbocycles. The van der Waals surface area contributed by atoms with Crippen molar-refractivity contribution in [2.75, 3.05) is 20.2 Å². The van der Waals surface area contributed by atoms with Crippen molar-refractivity contribution in [1.29, 1.82) is 0 Å². The Morgan fingerprint density at radius 3 is 2.86 bits per heavy atom. The molecule has 0 unspecified atom stereocenters. The molecule has 1 aliphatic rings. The van der Waals surface area contributed by atoms with E-state index in [9.17, 15) is 0 Å². The van der Waals surface area contributed by atoms with Gasteiger partial charge in [0.2, 0.25) is 0 Å². The van der Waals surface area contributed by atoms with Gasteiger partial charge in [-0.05, 0) is 18.6 Å². The van der Waals surface area contributed by atoms with Gasteiger partial charge in [0.15, 0.2) is 0 Å². The van der Waals surface area contributed by atoms with Crippen LogP contribution in [-0.2, 0) is 11.3 Å². The molecule has 0 amide bonds. The molecule has 2 aromatic rings. The number of nitrogens with two attached hydrogens (primary N) is 1. The van der Waals surface area contributed by atoms with Crippen molar-refractivity contribution in [3.8, 4) is 0 Å². The van der Waals surface area contributed by atoms with Crippen LogP contribution >= 0.6 is 0 Å². The molecule has 21 heavy (non-hydrogen) atoms. The molecule has 1 fully saturated rings. The van der Waals surface area contributed by atoms with Gasteiger partial charge in [-0.15, -0.1) is 0 Å². The van der Waals surface area contributed by atoms with Crippen LogP contribution in [0.15, 0.2) is 24.3 Å². The van der Waals surface area contributed by atoms with E-state index in [-0.39, 0.29) is 23.1 Å². The molecule has 0 radical (unpaired) electrons. The first-order chi connectivity index (χ1) is 9.26. The van der Waals surface area contributed by atoms with Crippen molar-refractivity contribution >= 4 is 11.0 Å². The highest BCUT2D eigenvalue weighted by atomic mass is 16.5. The number of methoxy groups -OCH3 is 1. The SMILES string of the molecule is CO[C@H]1CN(Cc2nc3ccccc3[nH]2)CC[C@H]1N.O.O. The van der Waals surface area contributed by atoms with Gasteiger partial charge in [0, 0.05) is 26.2 Å². The van der Waals surface area contributed by atoms with Gasteiger partial charge in [0.1, 0.15) is 5.82 Å². The molecule has 3 rings (SSSR count). The second-order valence-corrected chi connectivity index (χ2v) is 5.16. The maximum atomic E-state index is 6.03.